The Balaban J connectivity index is 1.99. The number of hydrogen-bond acceptors (Lipinski definition) is 5. The third-order valence-electron chi connectivity index (χ3n) is 2.95. The highest BCUT2D eigenvalue weighted by Crippen LogP contribution is 2.26. The van der Waals surface area contributed by atoms with Crippen molar-refractivity contribution in [3.05, 3.63) is 6.33 Å². The SMILES string of the molecule is CNCCC1CCCCN1c1ncns1. The molecule has 0 aliphatic carbocycles. The molecule has 0 spiro atoms. The molecule has 0 aromatic carbocycles. The van der Waals surface area contributed by atoms with Crippen molar-refractivity contribution in [1.82, 2.24) is 14.7 Å². The van der Waals surface area contributed by atoms with E-state index in [2.05, 4.69) is 19.6 Å². The summed E-state index contributed by atoms with van der Waals surface area (Å²) < 4.78 is 4.09. The van der Waals surface area contributed by atoms with Crippen LogP contribution in [0.4, 0.5) is 5.13 Å². The van der Waals surface area contributed by atoms with Gasteiger partial charge < -0.3 is 10.2 Å². The maximum Gasteiger partial charge on any atom is 0.205 e. The van der Waals surface area contributed by atoms with Gasteiger partial charge in [0.1, 0.15) is 6.33 Å². The molecule has 0 saturated carbocycles. The van der Waals surface area contributed by atoms with E-state index >= 15 is 0 Å². The van der Waals surface area contributed by atoms with E-state index in [0.29, 0.717) is 6.04 Å². The molecule has 1 aromatic heterocycles. The van der Waals surface area contributed by atoms with Crippen molar-refractivity contribution in [2.24, 2.45) is 0 Å². The van der Waals surface area contributed by atoms with Crippen LogP contribution < -0.4 is 10.2 Å². The maximum atomic E-state index is 4.31. The smallest absolute Gasteiger partial charge is 0.205 e. The van der Waals surface area contributed by atoms with E-state index in [-0.39, 0.29) is 0 Å². The number of aromatic nitrogens is 2. The molecular weight excluding hydrogens is 208 g/mol. The lowest BCUT2D eigenvalue weighted by Crippen LogP contribution is -2.41. The zero-order valence-corrected chi connectivity index (χ0v) is 9.96. The van der Waals surface area contributed by atoms with Crippen molar-refractivity contribution in [2.75, 3.05) is 25.0 Å². The van der Waals surface area contributed by atoms with Crippen LogP contribution in [0.1, 0.15) is 25.7 Å². The Morgan fingerprint density at radius 2 is 2.53 bits per heavy atom. The summed E-state index contributed by atoms with van der Waals surface area (Å²) >= 11 is 1.51. The summed E-state index contributed by atoms with van der Waals surface area (Å²) in [5, 5.41) is 4.31. The highest BCUT2D eigenvalue weighted by Gasteiger charge is 2.23. The highest BCUT2D eigenvalue weighted by molar-refractivity contribution is 7.09. The number of nitrogens with one attached hydrogen (secondary N) is 1. The van der Waals surface area contributed by atoms with Crippen LogP contribution in [0.2, 0.25) is 0 Å². The van der Waals surface area contributed by atoms with Crippen molar-refractivity contribution in [3.63, 3.8) is 0 Å². The van der Waals surface area contributed by atoms with Gasteiger partial charge in [0, 0.05) is 24.1 Å². The Morgan fingerprint density at radius 1 is 1.60 bits per heavy atom. The molecule has 15 heavy (non-hydrogen) atoms. The predicted octanol–water partition coefficient (Wildman–Crippen LogP) is 1.51. The Hall–Kier alpha value is -0.680. The van der Waals surface area contributed by atoms with Crippen LogP contribution in [-0.4, -0.2) is 35.5 Å². The summed E-state index contributed by atoms with van der Waals surface area (Å²) in [6, 6.07) is 0.652. The second-order valence-corrected chi connectivity index (χ2v) is 4.72. The molecule has 0 bridgehead atoms. The molecule has 5 heteroatoms. The third-order valence-corrected chi connectivity index (χ3v) is 3.65. The van der Waals surface area contributed by atoms with Crippen molar-refractivity contribution in [2.45, 2.75) is 31.7 Å². The molecule has 1 atom stereocenters. The summed E-state index contributed by atoms with van der Waals surface area (Å²) in [4.78, 5) is 6.74. The van der Waals surface area contributed by atoms with Gasteiger partial charge in [-0.3, -0.25) is 0 Å². The summed E-state index contributed by atoms with van der Waals surface area (Å²) in [6.45, 7) is 2.23. The first-order valence-electron chi connectivity index (χ1n) is 5.59. The zero-order chi connectivity index (χ0) is 10.5. The lowest BCUT2D eigenvalue weighted by Gasteiger charge is -2.35. The summed E-state index contributed by atoms with van der Waals surface area (Å²) in [7, 11) is 2.01. The maximum absolute atomic E-state index is 4.31. The first-order valence-corrected chi connectivity index (χ1v) is 6.37. The number of nitrogens with zero attached hydrogens (tertiary/aromatic N) is 3. The molecule has 0 amide bonds. The number of hydrogen-bond donors (Lipinski definition) is 1. The van der Waals surface area contributed by atoms with Crippen LogP contribution >= 0.6 is 11.5 Å². The van der Waals surface area contributed by atoms with Gasteiger partial charge in [-0.2, -0.15) is 4.37 Å². The summed E-state index contributed by atoms with van der Waals surface area (Å²) in [5.41, 5.74) is 0. The van der Waals surface area contributed by atoms with E-state index in [1.54, 1.807) is 6.33 Å². The van der Waals surface area contributed by atoms with Crippen LogP contribution in [-0.2, 0) is 0 Å². The minimum absolute atomic E-state index is 0.652. The quantitative estimate of drug-likeness (QED) is 0.845. The van der Waals surface area contributed by atoms with Gasteiger partial charge in [-0.05, 0) is 39.3 Å². The molecule has 1 aromatic rings. The molecule has 2 rings (SSSR count). The highest BCUT2D eigenvalue weighted by atomic mass is 32.1. The van der Waals surface area contributed by atoms with E-state index in [1.807, 2.05) is 7.05 Å². The average Bonchev–Trinajstić information content (AvgIpc) is 2.80. The van der Waals surface area contributed by atoms with E-state index < -0.39 is 0 Å². The molecule has 1 saturated heterocycles. The Kier molecular flexibility index (Phi) is 3.91. The number of anilines is 1. The molecule has 1 fully saturated rings. The topological polar surface area (TPSA) is 41.0 Å². The van der Waals surface area contributed by atoms with Crippen molar-refractivity contribution in [1.29, 1.82) is 0 Å². The van der Waals surface area contributed by atoms with E-state index in [4.69, 9.17) is 0 Å². The average molecular weight is 226 g/mol. The minimum Gasteiger partial charge on any atom is -0.344 e. The van der Waals surface area contributed by atoms with Gasteiger partial charge in [0.2, 0.25) is 5.13 Å². The summed E-state index contributed by atoms with van der Waals surface area (Å²) in [5.74, 6) is 0. The first kappa shape index (κ1) is 10.8. The van der Waals surface area contributed by atoms with E-state index in [1.165, 1.54) is 37.2 Å². The second-order valence-electron chi connectivity index (χ2n) is 3.96. The molecule has 1 aliphatic rings. The predicted molar refractivity (Wildman–Crippen MR) is 63.4 cm³/mol. The van der Waals surface area contributed by atoms with Crippen LogP contribution in [0.15, 0.2) is 6.33 Å². The zero-order valence-electron chi connectivity index (χ0n) is 9.15. The Morgan fingerprint density at radius 3 is 3.27 bits per heavy atom. The number of piperidine rings is 1. The van der Waals surface area contributed by atoms with E-state index in [9.17, 15) is 0 Å². The molecule has 1 unspecified atom stereocenters. The normalized spacial score (nSPS) is 21.9. The molecule has 4 nitrogen and oxygen atoms in total. The lowest BCUT2D eigenvalue weighted by atomic mass is 10.00. The standard InChI is InChI=1S/C10H18N4S/c1-11-6-5-9-4-2-3-7-14(9)10-12-8-13-15-10/h8-9,11H,2-7H2,1H3. The van der Waals surface area contributed by atoms with Gasteiger partial charge in [0.15, 0.2) is 0 Å². The monoisotopic (exact) mass is 226 g/mol. The van der Waals surface area contributed by atoms with Gasteiger partial charge in [-0.15, -0.1) is 0 Å². The molecule has 84 valence electrons. The fourth-order valence-electron chi connectivity index (χ4n) is 2.16. The van der Waals surface area contributed by atoms with Gasteiger partial charge in [-0.1, -0.05) is 0 Å². The Bertz CT molecular complexity index is 275. The minimum atomic E-state index is 0.652. The lowest BCUT2D eigenvalue weighted by molar-refractivity contribution is 0.433. The molecule has 2 heterocycles. The van der Waals surface area contributed by atoms with Crippen LogP contribution in [0.3, 0.4) is 0 Å². The van der Waals surface area contributed by atoms with Gasteiger partial charge in [0.05, 0.1) is 0 Å². The molecular formula is C10H18N4S. The first-order chi connectivity index (χ1) is 7.42. The fourth-order valence-corrected chi connectivity index (χ4v) is 2.79. The van der Waals surface area contributed by atoms with Crippen molar-refractivity contribution >= 4 is 16.7 Å². The van der Waals surface area contributed by atoms with Gasteiger partial charge in [0.25, 0.3) is 0 Å². The third kappa shape index (κ3) is 2.66. The van der Waals surface area contributed by atoms with E-state index in [0.717, 1.165) is 18.2 Å². The molecule has 1 aliphatic heterocycles. The number of rotatable bonds is 4. The summed E-state index contributed by atoms with van der Waals surface area (Å²) in [6.07, 6.45) is 6.79. The van der Waals surface area contributed by atoms with Crippen molar-refractivity contribution < 1.29 is 0 Å². The van der Waals surface area contributed by atoms with Gasteiger partial charge in [-0.25, -0.2) is 4.98 Å². The fraction of sp³-hybridized carbons (Fsp3) is 0.800. The van der Waals surface area contributed by atoms with Crippen molar-refractivity contribution in [3.8, 4) is 0 Å². The largest absolute Gasteiger partial charge is 0.344 e. The van der Waals surface area contributed by atoms with Crippen LogP contribution in [0, 0.1) is 0 Å². The van der Waals surface area contributed by atoms with Crippen LogP contribution in [0.25, 0.3) is 0 Å². The van der Waals surface area contributed by atoms with Gasteiger partial charge >= 0.3 is 0 Å². The second kappa shape index (κ2) is 5.42. The molecule has 1 N–H and O–H groups in total. The van der Waals surface area contributed by atoms with Crippen LogP contribution in [0.5, 0.6) is 0 Å². The Labute approximate surface area is 94.9 Å². The molecule has 0 radical (unpaired) electrons.